The molecule has 0 bridgehead atoms. The highest BCUT2D eigenvalue weighted by molar-refractivity contribution is 7.92. The molecule has 9 nitrogen and oxygen atoms in total. The summed E-state index contributed by atoms with van der Waals surface area (Å²) in [6.07, 6.45) is 0. The van der Waals surface area contributed by atoms with Crippen molar-refractivity contribution in [1.29, 1.82) is 0 Å². The molecular formula is C22H26N2O7S. The fraction of sp³-hybridized carbons (Fsp3) is 0.318. The highest BCUT2D eigenvalue weighted by atomic mass is 32.2. The third kappa shape index (κ3) is 3.93. The number of esters is 1. The SMILES string of the molecule is CCOC(=O)c1c(C)n(C)c2ccc(OC)c(NS(=O)(=O)c3cc(OC)ccc3OC)c12. The number of aromatic nitrogens is 1. The van der Waals surface area contributed by atoms with Crippen molar-refractivity contribution >= 4 is 32.6 Å². The number of hydrogen-bond donors (Lipinski definition) is 1. The zero-order chi connectivity index (χ0) is 23.6. The van der Waals surface area contributed by atoms with Gasteiger partial charge in [0.15, 0.2) is 0 Å². The lowest BCUT2D eigenvalue weighted by atomic mass is 10.1. The van der Waals surface area contributed by atoms with Crippen LogP contribution in [0, 0.1) is 6.92 Å². The van der Waals surface area contributed by atoms with E-state index in [-0.39, 0.29) is 34.3 Å². The summed E-state index contributed by atoms with van der Waals surface area (Å²) in [5, 5.41) is 0.383. The van der Waals surface area contributed by atoms with Gasteiger partial charge in [0.25, 0.3) is 10.0 Å². The average Bonchev–Trinajstić information content (AvgIpc) is 3.04. The van der Waals surface area contributed by atoms with Crippen LogP contribution >= 0.6 is 0 Å². The quantitative estimate of drug-likeness (QED) is 0.511. The zero-order valence-electron chi connectivity index (χ0n) is 18.8. The first kappa shape index (κ1) is 23.3. The van der Waals surface area contributed by atoms with E-state index < -0.39 is 16.0 Å². The average molecular weight is 463 g/mol. The molecule has 3 rings (SSSR count). The number of aryl methyl sites for hydroxylation is 1. The maximum Gasteiger partial charge on any atom is 0.340 e. The summed E-state index contributed by atoms with van der Waals surface area (Å²) in [5.41, 5.74) is 1.66. The van der Waals surface area contributed by atoms with Gasteiger partial charge in [0.05, 0.1) is 39.0 Å². The van der Waals surface area contributed by atoms with E-state index in [1.54, 1.807) is 43.7 Å². The third-order valence-electron chi connectivity index (χ3n) is 5.22. The van der Waals surface area contributed by atoms with E-state index in [1.807, 2.05) is 0 Å². The van der Waals surface area contributed by atoms with Gasteiger partial charge in [-0.1, -0.05) is 0 Å². The number of nitrogens with zero attached hydrogens (tertiary/aromatic N) is 1. The van der Waals surface area contributed by atoms with E-state index in [1.165, 1.54) is 33.5 Å². The fourth-order valence-electron chi connectivity index (χ4n) is 3.54. The summed E-state index contributed by atoms with van der Waals surface area (Å²) in [6, 6.07) is 7.85. The second-order valence-electron chi connectivity index (χ2n) is 6.90. The number of nitrogens with one attached hydrogen (secondary N) is 1. The van der Waals surface area contributed by atoms with E-state index in [2.05, 4.69) is 4.72 Å². The Kier molecular flexibility index (Phi) is 6.54. The first-order valence-electron chi connectivity index (χ1n) is 9.78. The van der Waals surface area contributed by atoms with Crippen LogP contribution in [-0.2, 0) is 21.8 Å². The van der Waals surface area contributed by atoms with Crippen molar-refractivity contribution in [3.63, 3.8) is 0 Å². The second-order valence-corrected chi connectivity index (χ2v) is 8.55. The maximum absolute atomic E-state index is 13.4. The highest BCUT2D eigenvalue weighted by Crippen LogP contribution is 2.40. The van der Waals surface area contributed by atoms with Crippen LogP contribution in [0.5, 0.6) is 17.2 Å². The minimum atomic E-state index is -4.17. The van der Waals surface area contributed by atoms with Crippen LogP contribution in [0.15, 0.2) is 35.2 Å². The zero-order valence-corrected chi connectivity index (χ0v) is 19.6. The number of methoxy groups -OCH3 is 3. The van der Waals surface area contributed by atoms with Gasteiger partial charge in [0.2, 0.25) is 0 Å². The molecule has 2 aromatic carbocycles. The molecule has 1 heterocycles. The predicted octanol–water partition coefficient (Wildman–Crippen LogP) is 3.49. The van der Waals surface area contributed by atoms with Crippen molar-refractivity contribution in [3.8, 4) is 17.2 Å². The summed E-state index contributed by atoms with van der Waals surface area (Å²) in [7, 11) is 1.86. The van der Waals surface area contributed by atoms with Crippen molar-refractivity contribution < 1.29 is 32.2 Å². The molecule has 1 aromatic heterocycles. The van der Waals surface area contributed by atoms with E-state index in [4.69, 9.17) is 18.9 Å². The van der Waals surface area contributed by atoms with Crippen molar-refractivity contribution in [2.45, 2.75) is 18.7 Å². The van der Waals surface area contributed by atoms with E-state index in [9.17, 15) is 13.2 Å². The summed E-state index contributed by atoms with van der Waals surface area (Å²) >= 11 is 0. The Balaban J connectivity index is 2.29. The Hall–Kier alpha value is -3.40. The minimum Gasteiger partial charge on any atom is -0.497 e. The van der Waals surface area contributed by atoms with Crippen LogP contribution in [0.3, 0.4) is 0 Å². The molecule has 0 amide bonds. The van der Waals surface area contributed by atoms with E-state index in [0.29, 0.717) is 22.3 Å². The predicted molar refractivity (Wildman–Crippen MR) is 121 cm³/mol. The largest absolute Gasteiger partial charge is 0.497 e. The molecule has 0 unspecified atom stereocenters. The molecule has 0 radical (unpaired) electrons. The van der Waals surface area contributed by atoms with Crippen LogP contribution in [0.2, 0.25) is 0 Å². The molecular weight excluding hydrogens is 436 g/mol. The number of anilines is 1. The van der Waals surface area contributed by atoms with Gasteiger partial charge < -0.3 is 23.5 Å². The number of carbonyl (C=O) groups excluding carboxylic acids is 1. The van der Waals surface area contributed by atoms with Crippen molar-refractivity contribution in [2.75, 3.05) is 32.7 Å². The maximum atomic E-state index is 13.4. The molecule has 0 aliphatic rings. The van der Waals surface area contributed by atoms with Gasteiger partial charge in [0.1, 0.15) is 27.8 Å². The number of fused-ring (bicyclic) bond motifs is 1. The lowest BCUT2D eigenvalue weighted by Gasteiger charge is -2.16. The summed E-state index contributed by atoms with van der Waals surface area (Å²) in [6.45, 7) is 3.65. The topological polar surface area (TPSA) is 105 Å². The molecule has 10 heteroatoms. The minimum absolute atomic E-state index is 0.122. The molecule has 0 saturated carbocycles. The number of carbonyl (C=O) groups is 1. The molecule has 172 valence electrons. The first-order valence-corrected chi connectivity index (χ1v) is 11.3. The number of benzene rings is 2. The Labute approximate surface area is 186 Å². The van der Waals surface area contributed by atoms with Crippen LogP contribution in [0.25, 0.3) is 10.9 Å². The lowest BCUT2D eigenvalue weighted by molar-refractivity contribution is 0.0527. The van der Waals surface area contributed by atoms with Gasteiger partial charge in [-0.25, -0.2) is 13.2 Å². The molecule has 0 atom stereocenters. The lowest BCUT2D eigenvalue weighted by Crippen LogP contribution is -2.16. The third-order valence-corrected chi connectivity index (χ3v) is 6.59. The van der Waals surface area contributed by atoms with Crippen LogP contribution < -0.4 is 18.9 Å². The summed E-state index contributed by atoms with van der Waals surface area (Å²) in [5.74, 6) is 0.181. The Morgan fingerprint density at radius 1 is 1.03 bits per heavy atom. The molecule has 3 aromatic rings. The van der Waals surface area contributed by atoms with Gasteiger partial charge in [-0.3, -0.25) is 4.72 Å². The molecule has 1 N–H and O–H groups in total. The molecule has 0 spiro atoms. The van der Waals surface area contributed by atoms with Crippen LogP contribution in [0.1, 0.15) is 23.0 Å². The van der Waals surface area contributed by atoms with Crippen molar-refractivity contribution in [3.05, 3.63) is 41.6 Å². The molecule has 32 heavy (non-hydrogen) atoms. The molecule has 0 aliphatic heterocycles. The Bertz CT molecular complexity index is 1280. The van der Waals surface area contributed by atoms with Crippen molar-refractivity contribution in [1.82, 2.24) is 4.57 Å². The smallest absolute Gasteiger partial charge is 0.340 e. The van der Waals surface area contributed by atoms with Gasteiger partial charge in [-0.2, -0.15) is 0 Å². The number of sulfonamides is 1. The second kappa shape index (κ2) is 8.99. The van der Waals surface area contributed by atoms with Gasteiger partial charge in [-0.05, 0) is 38.1 Å². The first-order chi connectivity index (χ1) is 15.2. The monoisotopic (exact) mass is 462 g/mol. The normalized spacial score (nSPS) is 11.3. The number of rotatable bonds is 8. The molecule has 0 aliphatic carbocycles. The molecule has 0 fully saturated rings. The van der Waals surface area contributed by atoms with Crippen molar-refractivity contribution in [2.24, 2.45) is 7.05 Å². The van der Waals surface area contributed by atoms with E-state index >= 15 is 0 Å². The standard InChI is InChI=1S/C22H26N2O7S/c1-7-31-22(25)19-13(2)24(3)15-9-11-17(30-6)21(20(15)19)23-32(26,27)18-12-14(28-4)8-10-16(18)29-5/h8-12,23H,7H2,1-6H3. The van der Waals surface area contributed by atoms with Gasteiger partial charge >= 0.3 is 5.97 Å². The number of hydrogen-bond acceptors (Lipinski definition) is 7. The van der Waals surface area contributed by atoms with Crippen LogP contribution in [0.4, 0.5) is 5.69 Å². The molecule has 0 saturated heterocycles. The Morgan fingerprint density at radius 2 is 1.69 bits per heavy atom. The summed E-state index contributed by atoms with van der Waals surface area (Å²) < 4.78 is 52.3. The summed E-state index contributed by atoms with van der Waals surface area (Å²) in [4.78, 5) is 12.7. The van der Waals surface area contributed by atoms with Crippen LogP contribution in [-0.4, -0.2) is 46.9 Å². The van der Waals surface area contributed by atoms with E-state index in [0.717, 1.165) is 0 Å². The van der Waals surface area contributed by atoms with Gasteiger partial charge in [-0.15, -0.1) is 0 Å². The van der Waals surface area contributed by atoms with Gasteiger partial charge in [0, 0.05) is 24.2 Å². The number of ether oxygens (including phenoxy) is 4. The fourth-order valence-corrected chi connectivity index (χ4v) is 4.81. The highest BCUT2D eigenvalue weighted by Gasteiger charge is 2.28. The Morgan fingerprint density at radius 3 is 2.28 bits per heavy atom.